The summed E-state index contributed by atoms with van der Waals surface area (Å²) in [6, 6.07) is 0. The fourth-order valence-electron chi connectivity index (χ4n) is 1.87. The average molecular weight is 343 g/mol. The largest absolute Gasteiger partial charge is 0.550 e. The highest BCUT2D eigenvalue weighted by molar-refractivity contribution is 5.64. The number of carbonyl (C=O) groups is 1. The third-order valence-electron chi connectivity index (χ3n) is 3.22. The van der Waals surface area contributed by atoms with Crippen LogP contribution in [0.1, 0.15) is 51.9 Å². The van der Waals surface area contributed by atoms with Crippen molar-refractivity contribution in [2.24, 2.45) is 0 Å². The summed E-state index contributed by atoms with van der Waals surface area (Å²) in [6.07, 6.45) is 28.5. The highest BCUT2D eigenvalue weighted by atomic mass is 16.4. The van der Waals surface area contributed by atoms with Crippen molar-refractivity contribution in [3.63, 3.8) is 0 Å². The lowest BCUT2D eigenvalue weighted by molar-refractivity contribution is -0.306. The summed E-state index contributed by atoms with van der Waals surface area (Å²) in [6.45, 7) is 2.14. The summed E-state index contributed by atoms with van der Waals surface area (Å²) in [5.41, 5.74) is 0. The Morgan fingerprint density at radius 1 is 0.840 bits per heavy atom. The van der Waals surface area contributed by atoms with Gasteiger partial charge in [-0.3, -0.25) is 0 Å². The molecule has 0 heterocycles. The Balaban J connectivity index is 3.66. The second-order valence-electron chi connectivity index (χ2n) is 5.53. The van der Waals surface area contributed by atoms with Gasteiger partial charge >= 0.3 is 0 Å². The Bertz CT molecular complexity index is 493. The van der Waals surface area contributed by atoms with Gasteiger partial charge in [0, 0.05) is 5.97 Å². The highest BCUT2D eigenvalue weighted by Crippen LogP contribution is 1.99. The molecular weight excluding hydrogens is 312 g/mol. The lowest BCUT2D eigenvalue weighted by Gasteiger charge is -2.04. The topological polar surface area (TPSA) is 60.4 Å². The molecule has 0 bridgehead atoms. The zero-order valence-electron chi connectivity index (χ0n) is 15.2. The Morgan fingerprint density at radius 3 is 1.80 bits per heavy atom. The Labute approximate surface area is 152 Å². The van der Waals surface area contributed by atoms with E-state index in [-0.39, 0.29) is 12.8 Å². The van der Waals surface area contributed by atoms with E-state index in [1.165, 1.54) is 0 Å². The molecule has 0 spiro atoms. The van der Waals surface area contributed by atoms with E-state index < -0.39 is 12.1 Å². The number of carboxylic acids is 1. The minimum Gasteiger partial charge on any atom is -0.550 e. The third kappa shape index (κ3) is 19.8. The van der Waals surface area contributed by atoms with E-state index in [1.807, 2.05) is 12.2 Å². The van der Waals surface area contributed by atoms with Gasteiger partial charge in [-0.2, -0.15) is 0 Å². The molecule has 0 saturated heterocycles. The van der Waals surface area contributed by atoms with Crippen LogP contribution in [0, 0.1) is 0 Å². The summed E-state index contributed by atoms with van der Waals surface area (Å²) < 4.78 is 0. The molecule has 0 aromatic rings. The zero-order valence-corrected chi connectivity index (χ0v) is 15.2. The molecular formula is C22H31O3-. The van der Waals surface area contributed by atoms with Gasteiger partial charge in [-0.05, 0) is 44.9 Å². The smallest absolute Gasteiger partial charge is 0.0727 e. The van der Waals surface area contributed by atoms with Gasteiger partial charge in [0.1, 0.15) is 0 Å². The molecule has 0 radical (unpaired) electrons. The van der Waals surface area contributed by atoms with Gasteiger partial charge in [-0.15, -0.1) is 0 Å². The van der Waals surface area contributed by atoms with Crippen LogP contribution in [0.3, 0.4) is 0 Å². The number of aliphatic carboxylic acids is 1. The van der Waals surface area contributed by atoms with E-state index in [1.54, 1.807) is 12.2 Å². The van der Waals surface area contributed by atoms with Crippen molar-refractivity contribution in [2.45, 2.75) is 58.0 Å². The van der Waals surface area contributed by atoms with Crippen LogP contribution in [-0.4, -0.2) is 17.2 Å². The predicted octanol–water partition coefficient (Wildman–Crippen LogP) is 4.19. The van der Waals surface area contributed by atoms with Crippen molar-refractivity contribution >= 4 is 5.97 Å². The van der Waals surface area contributed by atoms with Crippen LogP contribution in [0.4, 0.5) is 0 Å². The molecule has 1 unspecified atom stereocenters. The van der Waals surface area contributed by atoms with Gasteiger partial charge in [0.2, 0.25) is 0 Å². The quantitative estimate of drug-likeness (QED) is 0.380. The van der Waals surface area contributed by atoms with E-state index >= 15 is 0 Å². The van der Waals surface area contributed by atoms with E-state index in [0.29, 0.717) is 0 Å². The summed E-state index contributed by atoms with van der Waals surface area (Å²) >= 11 is 0. The van der Waals surface area contributed by atoms with Crippen LogP contribution in [0.15, 0.2) is 72.9 Å². The molecule has 0 aromatic heterocycles. The first-order valence-electron chi connectivity index (χ1n) is 8.98. The molecule has 3 heteroatoms. The predicted molar refractivity (Wildman–Crippen MR) is 104 cm³/mol. The molecule has 0 aliphatic heterocycles. The monoisotopic (exact) mass is 343 g/mol. The Hall–Kier alpha value is -2.13. The number of aliphatic hydroxyl groups is 1. The maximum Gasteiger partial charge on any atom is 0.0727 e. The summed E-state index contributed by atoms with van der Waals surface area (Å²) in [5.74, 6) is -1.14. The maximum absolute atomic E-state index is 10.2. The van der Waals surface area contributed by atoms with Crippen molar-refractivity contribution in [1.82, 2.24) is 0 Å². The molecule has 0 fully saturated rings. The van der Waals surface area contributed by atoms with Crippen molar-refractivity contribution in [1.29, 1.82) is 0 Å². The van der Waals surface area contributed by atoms with E-state index in [0.717, 1.165) is 32.1 Å². The minimum absolute atomic E-state index is 0.128. The summed E-state index contributed by atoms with van der Waals surface area (Å²) in [4.78, 5) is 10.2. The highest BCUT2D eigenvalue weighted by Gasteiger charge is 1.97. The fraction of sp³-hybridized carbons (Fsp3) is 0.409. The third-order valence-corrected chi connectivity index (χ3v) is 3.22. The number of rotatable bonds is 14. The first-order valence-corrected chi connectivity index (χ1v) is 8.98. The molecule has 0 rings (SSSR count). The molecule has 3 nitrogen and oxygen atoms in total. The van der Waals surface area contributed by atoms with Crippen LogP contribution in [0.25, 0.3) is 0 Å². The number of carboxylic acid groups (broad SMARTS) is 1. The van der Waals surface area contributed by atoms with Gasteiger partial charge in [-0.25, -0.2) is 0 Å². The molecule has 25 heavy (non-hydrogen) atoms. The first-order chi connectivity index (χ1) is 12.2. The first kappa shape index (κ1) is 22.9. The number of hydrogen-bond donors (Lipinski definition) is 1. The second-order valence-corrected chi connectivity index (χ2v) is 5.53. The standard InChI is InChI=1S/C22H32O3/c1-2-3-4-5-6-7-8-9-10-11-12-13-14-15-16-17-18-21(23)19-20-22(24)25/h3-4,6-7,9-10,12-13,15-18,21,23H,2,5,8,11,14,19-20H2,1H3,(H,24,25)/p-1/b4-3-,7-6-,10-9-,13-12-,16-15-,18-17+. The Morgan fingerprint density at radius 2 is 1.32 bits per heavy atom. The van der Waals surface area contributed by atoms with Crippen LogP contribution in [0.5, 0.6) is 0 Å². The van der Waals surface area contributed by atoms with Crippen LogP contribution in [0.2, 0.25) is 0 Å². The number of carbonyl (C=O) groups excluding carboxylic acids is 1. The van der Waals surface area contributed by atoms with Crippen molar-refractivity contribution < 1.29 is 15.0 Å². The van der Waals surface area contributed by atoms with Gasteiger partial charge in [-0.1, -0.05) is 79.8 Å². The van der Waals surface area contributed by atoms with E-state index in [4.69, 9.17) is 0 Å². The summed E-state index contributed by atoms with van der Waals surface area (Å²) in [5, 5.41) is 19.7. The normalized spacial score (nSPS) is 14.3. The van der Waals surface area contributed by atoms with Crippen molar-refractivity contribution in [3.8, 4) is 0 Å². The van der Waals surface area contributed by atoms with Gasteiger partial charge < -0.3 is 15.0 Å². The van der Waals surface area contributed by atoms with Gasteiger partial charge in [0.05, 0.1) is 6.10 Å². The molecule has 138 valence electrons. The van der Waals surface area contributed by atoms with Crippen molar-refractivity contribution in [2.75, 3.05) is 0 Å². The lowest BCUT2D eigenvalue weighted by Crippen LogP contribution is -2.23. The molecule has 0 saturated carbocycles. The molecule has 0 aliphatic rings. The molecule has 0 amide bonds. The van der Waals surface area contributed by atoms with Crippen LogP contribution >= 0.6 is 0 Å². The number of aliphatic hydroxyl groups excluding tert-OH is 1. The van der Waals surface area contributed by atoms with Gasteiger partial charge in [0.15, 0.2) is 0 Å². The molecule has 0 aliphatic carbocycles. The average Bonchev–Trinajstić information content (AvgIpc) is 2.59. The van der Waals surface area contributed by atoms with Crippen LogP contribution < -0.4 is 5.11 Å². The minimum atomic E-state index is -1.14. The lowest BCUT2D eigenvalue weighted by atomic mass is 10.2. The number of allylic oxidation sites excluding steroid dienone is 11. The van der Waals surface area contributed by atoms with Crippen molar-refractivity contribution in [3.05, 3.63) is 72.9 Å². The van der Waals surface area contributed by atoms with E-state index in [2.05, 4.69) is 55.5 Å². The second kappa shape index (κ2) is 18.2. The van der Waals surface area contributed by atoms with Crippen LogP contribution in [-0.2, 0) is 4.79 Å². The summed E-state index contributed by atoms with van der Waals surface area (Å²) in [7, 11) is 0. The molecule has 1 N–H and O–H groups in total. The number of hydrogen-bond acceptors (Lipinski definition) is 3. The molecule has 0 aromatic carbocycles. The zero-order chi connectivity index (χ0) is 18.6. The maximum atomic E-state index is 10.2. The molecule has 1 atom stereocenters. The van der Waals surface area contributed by atoms with Gasteiger partial charge in [0.25, 0.3) is 0 Å². The van der Waals surface area contributed by atoms with E-state index in [9.17, 15) is 15.0 Å². The Kier molecular flexibility index (Phi) is 16.7. The SMILES string of the molecule is CC/C=C\C/C=C\C/C=C\C/C=C\C/C=C\C=C\C(O)CCC(=O)[O-]. The fourth-order valence-corrected chi connectivity index (χ4v) is 1.87.